The second-order valence-electron chi connectivity index (χ2n) is 3.98. The third-order valence-corrected chi connectivity index (χ3v) is 3.18. The monoisotopic (exact) mass is 191 g/mol. The lowest BCUT2D eigenvalue weighted by Crippen LogP contribution is -2.30. The number of rotatable bonds is 1. The SMILES string of the molecule is O=C1C2CC(C2)N1c1ccccc1F. The van der Waals surface area contributed by atoms with Gasteiger partial charge in [-0.15, -0.1) is 0 Å². The molecule has 3 aliphatic rings. The van der Waals surface area contributed by atoms with Crippen molar-refractivity contribution in [3.8, 4) is 0 Å². The molecule has 0 atom stereocenters. The molecule has 1 aromatic rings. The quantitative estimate of drug-likeness (QED) is 0.664. The van der Waals surface area contributed by atoms with Crippen LogP contribution in [0, 0.1) is 11.7 Å². The summed E-state index contributed by atoms with van der Waals surface area (Å²) in [7, 11) is 0. The smallest absolute Gasteiger partial charge is 0.230 e. The van der Waals surface area contributed by atoms with Crippen molar-refractivity contribution in [2.24, 2.45) is 5.92 Å². The van der Waals surface area contributed by atoms with E-state index in [9.17, 15) is 9.18 Å². The molecule has 0 N–H and O–H groups in total. The molecule has 0 aromatic heterocycles. The van der Waals surface area contributed by atoms with Crippen LogP contribution in [0.15, 0.2) is 24.3 Å². The number of amides is 1. The van der Waals surface area contributed by atoms with E-state index in [0.29, 0.717) is 5.69 Å². The summed E-state index contributed by atoms with van der Waals surface area (Å²) >= 11 is 0. The summed E-state index contributed by atoms with van der Waals surface area (Å²) in [5.74, 6) is -0.0342. The van der Waals surface area contributed by atoms with Gasteiger partial charge in [-0.05, 0) is 25.0 Å². The number of nitrogens with zero attached hydrogens (tertiary/aromatic N) is 1. The minimum absolute atomic E-state index is 0.0973. The zero-order valence-electron chi connectivity index (χ0n) is 7.61. The Morgan fingerprint density at radius 2 is 2.00 bits per heavy atom. The summed E-state index contributed by atoms with van der Waals surface area (Å²) in [6, 6.07) is 6.74. The molecule has 1 amide bonds. The zero-order valence-corrected chi connectivity index (χ0v) is 7.61. The Bertz CT molecular complexity index is 398. The number of benzene rings is 1. The largest absolute Gasteiger partial charge is 0.306 e. The minimum Gasteiger partial charge on any atom is -0.306 e. The molecule has 1 aromatic carbocycles. The van der Waals surface area contributed by atoms with Crippen molar-refractivity contribution in [3.05, 3.63) is 30.1 Å². The highest BCUT2D eigenvalue weighted by molar-refractivity contribution is 6.00. The number of fused-ring (bicyclic) bond motifs is 1. The van der Waals surface area contributed by atoms with Gasteiger partial charge in [-0.2, -0.15) is 0 Å². The number of halogens is 1. The Labute approximate surface area is 81.3 Å². The number of anilines is 1. The van der Waals surface area contributed by atoms with Gasteiger partial charge in [0.1, 0.15) is 5.82 Å². The third-order valence-electron chi connectivity index (χ3n) is 3.18. The van der Waals surface area contributed by atoms with E-state index >= 15 is 0 Å². The maximum Gasteiger partial charge on any atom is 0.230 e. The average molecular weight is 191 g/mol. The molecular formula is C11H10FNO. The zero-order chi connectivity index (χ0) is 9.71. The lowest BCUT2D eigenvalue weighted by molar-refractivity contribution is -0.119. The number of carbonyl (C=O) groups excluding carboxylic acids is 1. The van der Waals surface area contributed by atoms with E-state index in [0.717, 1.165) is 12.8 Å². The molecule has 0 radical (unpaired) electrons. The first kappa shape index (κ1) is 7.97. The first-order valence-corrected chi connectivity index (χ1v) is 4.85. The van der Waals surface area contributed by atoms with Crippen LogP contribution in [0.3, 0.4) is 0 Å². The van der Waals surface area contributed by atoms with Crippen LogP contribution in [0.25, 0.3) is 0 Å². The van der Waals surface area contributed by atoms with Crippen LogP contribution in [0.5, 0.6) is 0 Å². The molecule has 4 rings (SSSR count). The van der Waals surface area contributed by atoms with Crippen molar-refractivity contribution >= 4 is 11.6 Å². The second kappa shape index (κ2) is 2.56. The van der Waals surface area contributed by atoms with Crippen LogP contribution in [-0.2, 0) is 4.79 Å². The molecule has 2 saturated heterocycles. The standard InChI is InChI=1S/C11H10FNO/c12-9-3-1-2-4-10(9)13-8-5-7(6-8)11(13)14/h1-4,7-8H,5-6H2. The van der Waals surface area contributed by atoms with Crippen molar-refractivity contribution in [2.75, 3.05) is 4.90 Å². The number of hydrogen-bond donors (Lipinski definition) is 0. The van der Waals surface area contributed by atoms with Crippen molar-refractivity contribution < 1.29 is 9.18 Å². The van der Waals surface area contributed by atoms with Crippen molar-refractivity contribution in [3.63, 3.8) is 0 Å². The minimum atomic E-state index is -0.298. The highest BCUT2D eigenvalue weighted by Gasteiger charge is 2.50. The summed E-state index contributed by atoms with van der Waals surface area (Å²) < 4.78 is 13.4. The Hall–Kier alpha value is -1.38. The fourth-order valence-corrected chi connectivity index (χ4v) is 2.34. The van der Waals surface area contributed by atoms with E-state index in [1.54, 1.807) is 23.1 Å². The van der Waals surface area contributed by atoms with E-state index < -0.39 is 0 Å². The molecule has 0 unspecified atom stereocenters. The lowest BCUT2D eigenvalue weighted by atomic mass is 9.86. The average Bonchev–Trinajstić information content (AvgIpc) is 2.56. The normalized spacial score (nSPS) is 29.2. The predicted octanol–water partition coefficient (Wildman–Crippen LogP) is 1.95. The van der Waals surface area contributed by atoms with Gasteiger partial charge < -0.3 is 4.90 Å². The molecule has 2 nitrogen and oxygen atoms in total. The fraction of sp³-hybridized carbons (Fsp3) is 0.364. The molecule has 3 heteroatoms. The molecule has 72 valence electrons. The van der Waals surface area contributed by atoms with Crippen molar-refractivity contribution in [1.82, 2.24) is 0 Å². The van der Waals surface area contributed by atoms with Crippen LogP contribution in [0.4, 0.5) is 10.1 Å². The van der Waals surface area contributed by atoms with Crippen molar-refractivity contribution in [2.45, 2.75) is 18.9 Å². The lowest BCUT2D eigenvalue weighted by Gasteiger charge is -2.25. The molecule has 2 aliphatic heterocycles. The highest BCUT2D eigenvalue weighted by Crippen LogP contribution is 2.44. The van der Waals surface area contributed by atoms with Gasteiger partial charge in [0, 0.05) is 12.0 Å². The summed E-state index contributed by atoms with van der Waals surface area (Å²) in [6.45, 7) is 0. The molecule has 3 fully saturated rings. The van der Waals surface area contributed by atoms with Gasteiger partial charge in [0.15, 0.2) is 0 Å². The number of carbonyl (C=O) groups is 1. The molecule has 2 bridgehead atoms. The first-order chi connectivity index (χ1) is 6.77. The van der Waals surface area contributed by atoms with Gasteiger partial charge in [-0.3, -0.25) is 4.79 Å². The van der Waals surface area contributed by atoms with Gasteiger partial charge in [0.25, 0.3) is 0 Å². The van der Waals surface area contributed by atoms with Gasteiger partial charge in [0.2, 0.25) is 5.91 Å². The molecule has 1 aliphatic carbocycles. The van der Waals surface area contributed by atoms with Gasteiger partial charge in [-0.25, -0.2) is 4.39 Å². The number of hydrogen-bond acceptors (Lipinski definition) is 1. The number of para-hydroxylation sites is 1. The maximum absolute atomic E-state index is 13.4. The van der Waals surface area contributed by atoms with Crippen LogP contribution in [0.1, 0.15) is 12.8 Å². The van der Waals surface area contributed by atoms with Gasteiger partial charge >= 0.3 is 0 Å². The van der Waals surface area contributed by atoms with E-state index in [-0.39, 0.29) is 23.7 Å². The second-order valence-corrected chi connectivity index (χ2v) is 3.98. The van der Waals surface area contributed by atoms with Crippen LogP contribution in [0.2, 0.25) is 0 Å². The molecule has 0 spiro atoms. The fourth-order valence-electron chi connectivity index (χ4n) is 2.34. The summed E-state index contributed by atoms with van der Waals surface area (Å²) in [6.07, 6.45) is 1.82. The molecular weight excluding hydrogens is 181 g/mol. The van der Waals surface area contributed by atoms with Crippen LogP contribution in [-0.4, -0.2) is 11.9 Å². The summed E-state index contributed by atoms with van der Waals surface area (Å²) in [5.41, 5.74) is 0.447. The Morgan fingerprint density at radius 1 is 1.29 bits per heavy atom. The third kappa shape index (κ3) is 0.870. The van der Waals surface area contributed by atoms with Crippen LogP contribution < -0.4 is 4.90 Å². The molecule has 14 heavy (non-hydrogen) atoms. The Balaban J connectivity index is 2.04. The predicted molar refractivity (Wildman–Crippen MR) is 50.4 cm³/mol. The Kier molecular flexibility index (Phi) is 1.46. The van der Waals surface area contributed by atoms with Crippen LogP contribution >= 0.6 is 0 Å². The van der Waals surface area contributed by atoms with Gasteiger partial charge in [0.05, 0.1) is 5.69 Å². The Morgan fingerprint density at radius 3 is 2.57 bits per heavy atom. The first-order valence-electron chi connectivity index (χ1n) is 4.85. The molecule has 1 saturated carbocycles. The summed E-state index contributed by atoms with van der Waals surface area (Å²) in [4.78, 5) is 13.3. The maximum atomic E-state index is 13.4. The molecule has 2 heterocycles. The van der Waals surface area contributed by atoms with Crippen molar-refractivity contribution in [1.29, 1.82) is 0 Å². The summed E-state index contributed by atoms with van der Waals surface area (Å²) in [5, 5.41) is 0. The highest BCUT2D eigenvalue weighted by atomic mass is 19.1. The topological polar surface area (TPSA) is 20.3 Å². The van der Waals surface area contributed by atoms with Gasteiger partial charge in [-0.1, -0.05) is 12.1 Å². The van der Waals surface area contributed by atoms with E-state index in [1.807, 2.05) is 0 Å². The van der Waals surface area contributed by atoms with E-state index in [1.165, 1.54) is 6.07 Å². The van der Waals surface area contributed by atoms with E-state index in [2.05, 4.69) is 0 Å². The van der Waals surface area contributed by atoms with E-state index in [4.69, 9.17) is 0 Å².